The number of carbonyl (C=O) groups is 3. The van der Waals surface area contributed by atoms with Crippen LogP contribution in [0.3, 0.4) is 0 Å². The van der Waals surface area contributed by atoms with Crippen LogP contribution < -0.4 is 9.64 Å². The van der Waals surface area contributed by atoms with E-state index < -0.39 is 41.5 Å². The van der Waals surface area contributed by atoms with E-state index in [-0.39, 0.29) is 18.5 Å². The Morgan fingerprint density at radius 1 is 1.11 bits per heavy atom. The molecule has 0 radical (unpaired) electrons. The van der Waals surface area contributed by atoms with Gasteiger partial charge in [0, 0.05) is 18.5 Å². The Kier molecular flexibility index (Phi) is 10.2. The quantitative estimate of drug-likeness (QED) is 0.253. The molecule has 1 aliphatic heterocycles. The maximum atomic E-state index is 14.4. The van der Waals surface area contributed by atoms with Crippen molar-refractivity contribution in [2.24, 2.45) is 0 Å². The third kappa shape index (κ3) is 7.53. The number of unbranched alkanes of at least 4 members (excludes halogenated alkanes) is 1. The molecule has 2 atom stereocenters. The number of likely N-dealkylation sites (tertiary alicyclic amines) is 1. The fourth-order valence-corrected chi connectivity index (χ4v) is 5.87. The van der Waals surface area contributed by atoms with Crippen molar-refractivity contribution in [3.8, 4) is 16.3 Å². The van der Waals surface area contributed by atoms with E-state index in [9.17, 15) is 18.8 Å². The Morgan fingerprint density at radius 3 is 2.41 bits per heavy atom. The van der Waals surface area contributed by atoms with Crippen LogP contribution in [0.1, 0.15) is 68.4 Å². The molecule has 12 heteroatoms. The highest BCUT2D eigenvalue weighted by Gasteiger charge is 2.43. The maximum Gasteiger partial charge on any atom is 0.411 e. The van der Waals surface area contributed by atoms with E-state index in [4.69, 9.17) is 14.2 Å². The van der Waals surface area contributed by atoms with Gasteiger partial charge in [0.1, 0.15) is 34.3 Å². The highest BCUT2D eigenvalue weighted by molar-refractivity contribution is 7.18. The summed E-state index contributed by atoms with van der Waals surface area (Å²) in [5, 5.41) is 9.64. The van der Waals surface area contributed by atoms with Gasteiger partial charge in [-0.2, -0.15) is 0 Å². The summed E-state index contributed by atoms with van der Waals surface area (Å²) in [6, 6.07) is 8.93. The van der Waals surface area contributed by atoms with E-state index in [2.05, 4.69) is 10.2 Å². The third-order valence-electron chi connectivity index (χ3n) is 7.09. The number of anilines is 1. The van der Waals surface area contributed by atoms with Crippen molar-refractivity contribution in [2.75, 3.05) is 25.1 Å². The van der Waals surface area contributed by atoms with Crippen LogP contribution in [-0.2, 0) is 14.3 Å². The van der Waals surface area contributed by atoms with Crippen LogP contribution >= 0.6 is 11.3 Å². The number of rotatable bonds is 9. The molecule has 1 saturated heterocycles. The summed E-state index contributed by atoms with van der Waals surface area (Å²) in [5.41, 5.74) is 1.71. The zero-order chi connectivity index (χ0) is 32.2. The lowest BCUT2D eigenvalue weighted by Crippen LogP contribution is -2.44. The third-order valence-corrected chi connectivity index (χ3v) is 8.08. The molecular weight excluding hydrogens is 587 g/mol. The van der Waals surface area contributed by atoms with Crippen LogP contribution in [0.2, 0.25) is 0 Å². The second-order valence-electron chi connectivity index (χ2n) is 11.8. The van der Waals surface area contributed by atoms with Crippen molar-refractivity contribution in [2.45, 2.75) is 78.6 Å². The minimum Gasteiger partial charge on any atom is -0.488 e. The Bertz CT molecular complexity index is 1500. The van der Waals surface area contributed by atoms with Gasteiger partial charge in [-0.05, 0) is 76.4 Å². The summed E-state index contributed by atoms with van der Waals surface area (Å²) in [4.78, 5) is 41.5. The molecule has 0 bridgehead atoms. The van der Waals surface area contributed by atoms with Crippen molar-refractivity contribution in [3.05, 3.63) is 58.9 Å². The average molecular weight is 627 g/mol. The standard InChI is InChI=1S/C32H39FN4O6S/c1-8-9-14-36(28(38)23-12-10-11-13-24(23)33)30-35-34-27(44-30)21-15-19(2)26(20(3)16-21)42-22-17-25(29(39)41-7)37(18-22)31(40)43-32(4,5)6/h10-13,15-16,22,25H,8-9,14,17-18H2,1-7H3/t22-,25-/m0/s1. The highest BCUT2D eigenvalue weighted by atomic mass is 32.1. The lowest BCUT2D eigenvalue weighted by Gasteiger charge is -2.27. The van der Waals surface area contributed by atoms with Crippen LogP contribution in [-0.4, -0.2) is 71.0 Å². The second-order valence-corrected chi connectivity index (χ2v) is 12.7. The molecule has 0 saturated carbocycles. The van der Waals surface area contributed by atoms with Gasteiger partial charge in [-0.15, -0.1) is 10.2 Å². The number of halogens is 1. The van der Waals surface area contributed by atoms with Gasteiger partial charge in [0.05, 0.1) is 19.2 Å². The van der Waals surface area contributed by atoms with E-state index in [0.717, 1.165) is 29.5 Å². The number of carbonyl (C=O) groups excluding carboxylic acids is 3. The van der Waals surface area contributed by atoms with Crippen LogP contribution in [0, 0.1) is 19.7 Å². The van der Waals surface area contributed by atoms with Gasteiger partial charge in [-0.25, -0.2) is 14.0 Å². The first-order valence-electron chi connectivity index (χ1n) is 14.6. The predicted molar refractivity (Wildman–Crippen MR) is 166 cm³/mol. The Hall–Kier alpha value is -4.06. The molecular formula is C32H39FN4O6S. The SMILES string of the molecule is CCCCN(C(=O)c1ccccc1F)c1nnc(-c2cc(C)c(O[C@H]3C[C@@H](C(=O)OC)N(C(=O)OC(C)(C)C)C3)c(C)c2)s1. The fraction of sp³-hybridized carbons (Fsp3) is 0.469. The number of nitrogens with zero attached hydrogens (tertiary/aromatic N) is 4. The van der Waals surface area contributed by atoms with E-state index in [1.807, 2.05) is 32.9 Å². The molecule has 44 heavy (non-hydrogen) atoms. The Morgan fingerprint density at radius 2 is 1.80 bits per heavy atom. The van der Waals surface area contributed by atoms with Gasteiger partial charge in [-0.1, -0.05) is 36.8 Å². The molecule has 0 spiro atoms. The van der Waals surface area contributed by atoms with E-state index in [1.54, 1.807) is 32.9 Å². The lowest BCUT2D eigenvalue weighted by atomic mass is 10.1. The van der Waals surface area contributed by atoms with Gasteiger partial charge in [0.15, 0.2) is 0 Å². The molecule has 1 fully saturated rings. The number of aryl methyl sites for hydroxylation is 2. The van der Waals surface area contributed by atoms with E-state index >= 15 is 0 Å². The summed E-state index contributed by atoms with van der Waals surface area (Å²) in [6.45, 7) is 11.7. The smallest absolute Gasteiger partial charge is 0.411 e. The summed E-state index contributed by atoms with van der Waals surface area (Å²) >= 11 is 1.25. The number of methoxy groups -OCH3 is 1. The summed E-state index contributed by atoms with van der Waals surface area (Å²) < 4.78 is 31.3. The molecule has 3 aromatic rings. The summed E-state index contributed by atoms with van der Waals surface area (Å²) in [5.74, 6) is -0.936. The zero-order valence-corrected chi connectivity index (χ0v) is 27.0. The van der Waals surface area contributed by atoms with Gasteiger partial charge >= 0.3 is 12.1 Å². The van der Waals surface area contributed by atoms with Crippen LogP contribution in [0.15, 0.2) is 36.4 Å². The molecule has 1 aromatic heterocycles. The number of ether oxygens (including phenoxy) is 3. The Balaban J connectivity index is 1.55. The first-order chi connectivity index (χ1) is 20.8. The molecule has 4 rings (SSSR count). The Labute approximate surface area is 261 Å². The topological polar surface area (TPSA) is 111 Å². The van der Waals surface area contributed by atoms with Gasteiger partial charge < -0.3 is 14.2 Å². The van der Waals surface area contributed by atoms with E-state index in [1.165, 1.54) is 40.4 Å². The minimum absolute atomic E-state index is 0.0138. The number of hydrogen-bond acceptors (Lipinski definition) is 9. The fourth-order valence-electron chi connectivity index (χ4n) is 5.01. The highest BCUT2D eigenvalue weighted by Crippen LogP contribution is 2.36. The largest absolute Gasteiger partial charge is 0.488 e. The zero-order valence-electron chi connectivity index (χ0n) is 26.2. The number of benzene rings is 2. The minimum atomic E-state index is -0.817. The van der Waals surface area contributed by atoms with Gasteiger partial charge in [0.25, 0.3) is 5.91 Å². The number of esters is 1. The lowest BCUT2D eigenvalue weighted by molar-refractivity contribution is -0.145. The van der Waals surface area contributed by atoms with Crippen LogP contribution in [0.5, 0.6) is 5.75 Å². The number of aromatic nitrogens is 2. The maximum absolute atomic E-state index is 14.4. The average Bonchev–Trinajstić information content (AvgIpc) is 3.62. The van der Waals surface area contributed by atoms with Gasteiger partial charge in [0.2, 0.25) is 5.13 Å². The molecule has 0 N–H and O–H groups in total. The van der Waals surface area contributed by atoms with E-state index in [0.29, 0.717) is 22.4 Å². The molecule has 10 nitrogen and oxygen atoms in total. The first kappa shape index (κ1) is 32.8. The molecule has 2 amide bonds. The normalized spacial score (nSPS) is 16.5. The molecule has 0 aliphatic carbocycles. The van der Waals surface area contributed by atoms with Crippen molar-refractivity contribution >= 4 is 34.4 Å². The molecule has 2 heterocycles. The predicted octanol–water partition coefficient (Wildman–Crippen LogP) is 6.34. The molecule has 1 aliphatic rings. The van der Waals surface area contributed by atoms with Crippen molar-refractivity contribution in [1.29, 1.82) is 0 Å². The number of amides is 2. The summed E-state index contributed by atoms with van der Waals surface area (Å²) in [6.07, 6.45) is 0.776. The first-order valence-corrected chi connectivity index (χ1v) is 15.4. The van der Waals surface area contributed by atoms with Crippen molar-refractivity contribution < 1.29 is 33.0 Å². The summed E-state index contributed by atoms with van der Waals surface area (Å²) in [7, 11) is 1.29. The monoisotopic (exact) mass is 626 g/mol. The van der Waals surface area contributed by atoms with Crippen molar-refractivity contribution in [1.82, 2.24) is 15.1 Å². The second kappa shape index (κ2) is 13.7. The molecule has 236 valence electrons. The molecule has 2 aromatic carbocycles. The molecule has 0 unspecified atom stereocenters. The van der Waals surface area contributed by atoms with Crippen molar-refractivity contribution in [3.63, 3.8) is 0 Å². The van der Waals surface area contributed by atoms with Crippen LogP contribution in [0.4, 0.5) is 14.3 Å². The number of hydrogen-bond donors (Lipinski definition) is 0. The van der Waals surface area contributed by atoms with Gasteiger partial charge in [-0.3, -0.25) is 14.6 Å². The van der Waals surface area contributed by atoms with Crippen LogP contribution in [0.25, 0.3) is 10.6 Å².